The summed E-state index contributed by atoms with van der Waals surface area (Å²) in [6.07, 6.45) is 1.34. The molecule has 1 N–H and O–H groups in total. The molecule has 0 aromatic heterocycles. The number of benzene rings is 3. The summed E-state index contributed by atoms with van der Waals surface area (Å²) in [6, 6.07) is 25.4. The molecule has 3 aromatic carbocycles. The van der Waals surface area contributed by atoms with Crippen molar-refractivity contribution in [2.24, 2.45) is 5.92 Å². The summed E-state index contributed by atoms with van der Waals surface area (Å²) in [7, 11) is 0. The van der Waals surface area contributed by atoms with Crippen LogP contribution in [0.3, 0.4) is 0 Å². The van der Waals surface area contributed by atoms with E-state index in [0.29, 0.717) is 36.5 Å². The molecule has 5 heteroatoms. The Bertz CT molecular complexity index is 1060. The minimum Gasteiger partial charge on any atom is -0.349 e. The molecule has 1 aliphatic rings. The van der Waals surface area contributed by atoms with Gasteiger partial charge in [0.1, 0.15) is 0 Å². The summed E-state index contributed by atoms with van der Waals surface area (Å²) in [5, 5.41) is 3.76. The molecule has 0 aliphatic carbocycles. The minimum absolute atomic E-state index is 0.00704. The largest absolute Gasteiger partial charge is 0.349 e. The van der Waals surface area contributed by atoms with Gasteiger partial charge in [0, 0.05) is 29.6 Å². The highest BCUT2D eigenvalue weighted by atomic mass is 35.5. The first kappa shape index (κ1) is 22.1. The SMILES string of the molecule is CC(NC(=O)C1CCN(C(=O)c2ccc(Cl)cc2)CC1)c1ccc(-c2ccccc2)cc1. The Balaban J connectivity index is 1.30. The number of hydrogen-bond acceptors (Lipinski definition) is 2. The lowest BCUT2D eigenvalue weighted by Gasteiger charge is -2.32. The van der Waals surface area contributed by atoms with E-state index < -0.39 is 0 Å². The Morgan fingerprint density at radius 3 is 2.09 bits per heavy atom. The van der Waals surface area contributed by atoms with Crippen LogP contribution in [0.4, 0.5) is 0 Å². The lowest BCUT2D eigenvalue weighted by Crippen LogP contribution is -2.43. The molecule has 3 aromatic rings. The zero-order chi connectivity index (χ0) is 22.5. The molecule has 1 saturated heterocycles. The third-order valence-electron chi connectivity index (χ3n) is 6.12. The number of amides is 2. The van der Waals surface area contributed by atoms with Gasteiger partial charge in [0.05, 0.1) is 6.04 Å². The zero-order valence-electron chi connectivity index (χ0n) is 18.1. The average Bonchev–Trinajstić information content (AvgIpc) is 2.85. The van der Waals surface area contributed by atoms with Gasteiger partial charge < -0.3 is 10.2 Å². The number of nitrogens with zero attached hydrogens (tertiary/aromatic N) is 1. The molecule has 1 heterocycles. The molecule has 1 fully saturated rings. The Labute approximate surface area is 194 Å². The van der Waals surface area contributed by atoms with Crippen LogP contribution in [-0.2, 0) is 4.79 Å². The van der Waals surface area contributed by atoms with Gasteiger partial charge in [-0.1, -0.05) is 66.2 Å². The van der Waals surface area contributed by atoms with E-state index in [1.807, 2.05) is 30.0 Å². The van der Waals surface area contributed by atoms with Gasteiger partial charge in [-0.3, -0.25) is 9.59 Å². The maximum atomic E-state index is 12.8. The molecule has 164 valence electrons. The van der Waals surface area contributed by atoms with Crippen LogP contribution in [0.1, 0.15) is 41.7 Å². The smallest absolute Gasteiger partial charge is 0.253 e. The molecule has 0 bridgehead atoms. The van der Waals surface area contributed by atoms with Gasteiger partial charge in [-0.05, 0) is 60.7 Å². The van der Waals surface area contributed by atoms with Gasteiger partial charge in [0.25, 0.3) is 5.91 Å². The molecule has 0 spiro atoms. The highest BCUT2D eigenvalue weighted by Crippen LogP contribution is 2.24. The van der Waals surface area contributed by atoms with Crippen molar-refractivity contribution in [3.05, 3.63) is 95.0 Å². The van der Waals surface area contributed by atoms with E-state index in [1.54, 1.807) is 24.3 Å². The van der Waals surface area contributed by atoms with Crippen molar-refractivity contribution in [1.82, 2.24) is 10.2 Å². The van der Waals surface area contributed by atoms with Crippen molar-refractivity contribution in [3.63, 3.8) is 0 Å². The van der Waals surface area contributed by atoms with E-state index in [0.717, 1.165) is 11.1 Å². The molecule has 4 nitrogen and oxygen atoms in total. The number of hydrogen-bond donors (Lipinski definition) is 1. The number of piperidine rings is 1. The Morgan fingerprint density at radius 2 is 1.47 bits per heavy atom. The van der Waals surface area contributed by atoms with E-state index in [1.165, 1.54) is 5.56 Å². The molecule has 1 unspecified atom stereocenters. The fraction of sp³-hybridized carbons (Fsp3) is 0.259. The maximum Gasteiger partial charge on any atom is 0.253 e. The highest BCUT2D eigenvalue weighted by molar-refractivity contribution is 6.30. The second kappa shape index (κ2) is 10.0. The van der Waals surface area contributed by atoms with Gasteiger partial charge >= 0.3 is 0 Å². The van der Waals surface area contributed by atoms with Crippen molar-refractivity contribution in [1.29, 1.82) is 0 Å². The number of carbonyl (C=O) groups excluding carboxylic acids is 2. The lowest BCUT2D eigenvalue weighted by atomic mass is 9.94. The van der Waals surface area contributed by atoms with Crippen molar-refractivity contribution in [2.45, 2.75) is 25.8 Å². The van der Waals surface area contributed by atoms with Gasteiger partial charge in [-0.25, -0.2) is 0 Å². The Hall–Kier alpha value is -3.11. The van der Waals surface area contributed by atoms with E-state index in [2.05, 4.69) is 41.7 Å². The summed E-state index contributed by atoms with van der Waals surface area (Å²) in [4.78, 5) is 27.3. The van der Waals surface area contributed by atoms with Crippen LogP contribution < -0.4 is 5.32 Å². The highest BCUT2D eigenvalue weighted by Gasteiger charge is 2.28. The van der Waals surface area contributed by atoms with Crippen LogP contribution >= 0.6 is 11.6 Å². The van der Waals surface area contributed by atoms with E-state index in [9.17, 15) is 9.59 Å². The molecule has 1 atom stereocenters. The third-order valence-corrected chi connectivity index (χ3v) is 6.37. The maximum absolute atomic E-state index is 12.8. The fourth-order valence-electron chi connectivity index (χ4n) is 4.13. The summed E-state index contributed by atoms with van der Waals surface area (Å²) in [5.41, 5.74) is 4.04. The number of likely N-dealkylation sites (tertiary alicyclic amines) is 1. The van der Waals surface area contributed by atoms with Crippen LogP contribution in [0.5, 0.6) is 0 Å². The molecular formula is C27H27ClN2O2. The first-order valence-electron chi connectivity index (χ1n) is 11.0. The summed E-state index contributed by atoms with van der Waals surface area (Å²) in [6.45, 7) is 3.17. The van der Waals surface area contributed by atoms with E-state index in [4.69, 9.17) is 11.6 Å². The molecule has 0 saturated carbocycles. The van der Waals surface area contributed by atoms with E-state index >= 15 is 0 Å². The predicted octanol–water partition coefficient (Wildman–Crippen LogP) is 5.74. The molecule has 0 radical (unpaired) electrons. The third kappa shape index (κ3) is 5.20. The van der Waals surface area contributed by atoms with Crippen LogP contribution in [0.2, 0.25) is 5.02 Å². The minimum atomic E-state index is -0.0738. The molecule has 4 rings (SSSR count). The van der Waals surface area contributed by atoms with E-state index in [-0.39, 0.29) is 23.8 Å². The summed E-state index contributed by atoms with van der Waals surface area (Å²) >= 11 is 5.91. The van der Waals surface area contributed by atoms with Gasteiger partial charge in [0.2, 0.25) is 5.91 Å². The fourth-order valence-corrected chi connectivity index (χ4v) is 4.26. The monoisotopic (exact) mass is 446 g/mol. The van der Waals surface area contributed by atoms with Crippen molar-refractivity contribution in [2.75, 3.05) is 13.1 Å². The van der Waals surface area contributed by atoms with Crippen LogP contribution in [-0.4, -0.2) is 29.8 Å². The standard InChI is InChI=1S/C27H27ClN2O2/c1-19(20-7-9-22(10-8-20)21-5-3-2-4-6-21)29-26(31)23-15-17-30(18-16-23)27(32)24-11-13-25(28)14-12-24/h2-14,19,23H,15-18H2,1H3,(H,29,31). The van der Waals surface area contributed by atoms with Crippen molar-refractivity contribution < 1.29 is 9.59 Å². The first-order chi connectivity index (χ1) is 15.5. The zero-order valence-corrected chi connectivity index (χ0v) is 18.9. The molecule has 1 aliphatic heterocycles. The average molecular weight is 447 g/mol. The second-order valence-corrected chi connectivity index (χ2v) is 8.73. The lowest BCUT2D eigenvalue weighted by molar-refractivity contribution is -0.126. The predicted molar refractivity (Wildman–Crippen MR) is 129 cm³/mol. The number of nitrogens with one attached hydrogen (secondary N) is 1. The number of halogens is 1. The van der Waals surface area contributed by atoms with Crippen molar-refractivity contribution >= 4 is 23.4 Å². The number of rotatable bonds is 5. The van der Waals surface area contributed by atoms with Crippen molar-refractivity contribution in [3.8, 4) is 11.1 Å². The van der Waals surface area contributed by atoms with Crippen LogP contribution in [0, 0.1) is 5.92 Å². The van der Waals surface area contributed by atoms with Crippen LogP contribution in [0.25, 0.3) is 11.1 Å². The van der Waals surface area contributed by atoms with Gasteiger partial charge in [-0.15, -0.1) is 0 Å². The molecule has 2 amide bonds. The second-order valence-electron chi connectivity index (χ2n) is 8.29. The normalized spacial score (nSPS) is 15.2. The van der Waals surface area contributed by atoms with Gasteiger partial charge in [0.15, 0.2) is 0 Å². The topological polar surface area (TPSA) is 49.4 Å². The molecule has 32 heavy (non-hydrogen) atoms. The Kier molecular flexibility index (Phi) is 6.91. The molecular weight excluding hydrogens is 420 g/mol. The summed E-state index contributed by atoms with van der Waals surface area (Å²) < 4.78 is 0. The number of carbonyl (C=O) groups is 2. The first-order valence-corrected chi connectivity index (χ1v) is 11.4. The Morgan fingerprint density at radius 1 is 0.875 bits per heavy atom. The quantitative estimate of drug-likeness (QED) is 0.543. The van der Waals surface area contributed by atoms with Crippen LogP contribution in [0.15, 0.2) is 78.9 Å². The summed E-state index contributed by atoms with van der Waals surface area (Å²) in [5.74, 6) is -0.0223. The van der Waals surface area contributed by atoms with Gasteiger partial charge in [-0.2, -0.15) is 0 Å².